The van der Waals surface area contributed by atoms with Crippen molar-refractivity contribution in [1.29, 1.82) is 0 Å². The van der Waals surface area contributed by atoms with Crippen LogP contribution < -0.4 is 10.3 Å². The lowest BCUT2D eigenvalue weighted by Crippen LogP contribution is -2.11. The molecule has 0 aliphatic heterocycles. The summed E-state index contributed by atoms with van der Waals surface area (Å²) in [6.45, 7) is 0. The van der Waals surface area contributed by atoms with Crippen molar-refractivity contribution in [3.63, 3.8) is 0 Å². The third-order valence-electron chi connectivity index (χ3n) is 6.05. The highest BCUT2D eigenvalue weighted by Crippen LogP contribution is 2.30. The lowest BCUT2D eigenvalue weighted by molar-refractivity contribution is 0.607. The normalized spacial score (nSPS) is 11.6. The average Bonchev–Trinajstić information content (AvgIpc) is 3.33. The second-order valence-electron chi connectivity index (χ2n) is 8.98. The number of anilines is 1. The number of imidazole rings is 1. The van der Waals surface area contributed by atoms with Gasteiger partial charge in [-0.15, -0.1) is 0 Å². The smallest absolute Gasteiger partial charge is 0.279 e. The predicted octanol–water partition coefficient (Wildman–Crippen LogP) is 4.92. The average molecular weight is 570 g/mol. The van der Waals surface area contributed by atoms with Gasteiger partial charge in [0, 0.05) is 27.9 Å². The third kappa shape index (κ3) is 5.07. The lowest BCUT2D eigenvalue weighted by atomic mass is 10.1. The first-order chi connectivity index (χ1) is 19.2. The van der Waals surface area contributed by atoms with E-state index >= 15 is 0 Å². The first-order valence-corrected chi connectivity index (χ1v) is 14.3. The first-order valence-electron chi connectivity index (χ1n) is 12.0. The van der Waals surface area contributed by atoms with Crippen LogP contribution in [0.2, 0.25) is 5.02 Å². The molecule has 40 heavy (non-hydrogen) atoms. The van der Waals surface area contributed by atoms with Crippen LogP contribution >= 0.6 is 11.6 Å². The summed E-state index contributed by atoms with van der Waals surface area (Å²) in [5, 5.41) is 8.60. The fourth-order valence-electron chi connectivity index (χ4n) is 4.32. The number of nitrogens with zero attached hydrogens (tertiary/aromatic N) is 5. The maximum absolute atomic E-state index is 13.3. The molecule has 0 unspecified atom stereocenters. The van der Waals surface area contributed by atoms with Crippen molar-refractivity contribution in [2.24, 2.45) is 0 Å². The van der Waals surface area contributed by atoms with E-state index in [-0.39, 0.29) is 5.52 Å². The number of H-pyrrole nitrogens is 1. The lowest BCUT2D eigenvalue weighted by Gasteiger charge is -2.12. The number of benzene rings is 3. The number of hydrogen-bond acceptors (Lipinski definition) is 7. The number of sulfonamides is 1. The molecule has 0 saturated carbocycles. The van der Waals surface area contributed by atoms with Crippen LogP contribution in [0.3, 0.4) is 0 Å². The van der Waals surface area contributed by atoms with Crippen molar-refractivity contribution < 1.29 is 8.42 Å². The summed E-state index contributed by atoms with van der Waals surface area (Å²) < 4.78 is 28.0. The number of fused-ring (bicyclic) bond motifs is 1. The molecule has 3 aromatic heterocycles. The van der Waals surface area contributed by atoms with Crippen LogP contribution in [0.25, 0.3) is 50.9 Å². The number of halogens is 1. The van der Waals surface area contributed by atoms with Crippen molar-refractivity contribution in [3.05, 3.63) is 107 Å². The summed E-state index contributed by atoms with van der Waals surface area (Å²) in [7, 11) is -3.51. The molecule has 0 aliphatic rings. The van der Waals surface area contributed by atoms with Crippen molar-refractivity contribution in [3.8, 4) is 39.7 Å². The molecule has 6 aromatic rings. The Bertz CT molecular complexity index is 2020. The zero-order valence-corrected chi connectivity index (χ0v) is 22.5. The zero-order chi connectivity index (χ0) is 27.9. The van der Waals surface area contributed by atoms with E-state index in [1.807, 2.05) is 36.4 Å². The van der Waals surface area contributed by atoms with Crippen LogP contribution in [-0.4, -0.2) is 44.4 Å². The van der Waals surface area contributed by atoms with E-state index in [1.165, 1.54) is 0 Å². The van der Waals surface area contributed by atoms with E-state index in [0.29, 0.717) is 44.8 Å². The Balaban J connectivity index is 1.54. The van der Waals surface area contributed by atoms with Crippen LogP contribution in [0.4, 0.5) is 5.69 Å². The van der Waals surface area contributed by atoms with Crippen LogP contribution in [0, 0.1) is 0 Å². The summed E-state index contributed by atoms with van der Waals surface area (Å²) in [5.41, 5.74) is 3.89. The monoisotopic (exact) mass is 569 g/mol. The van der Waals surface area contributed by atoms with Gasteiger partial charge in [-0.3, -0.25) is 14.1 Å². The molecule has 6 rings (SSSR count). The highest BCUT2D eigenvalue weighted by molar-refractivity contribution is 7.92. The van der Waals surface area contributed by atoms with Gasteiger partial charge in [-0.05, 0) is 54.6 Å². The van der Waals surface area contributed by atoms with Crippen LogP contribution in [-0.2, 0) is 10.0 Å². The van der Waals surface area contributed by atoms with E-state index in [2.05, 4.69) is 24.9 Å². The van der Waals surface area contributed by atoms with E-state index < -0.39 is 15.6 Å². The summed E-state index contributed by atoms with van der Waals surface area (Å²) in [6.07, 6.45) is 2.69. The maximum atomic E-state index is 13.3. The molecule has 198 valence electrons. The molecular formula is C28H20ClN7O3S. The number of hydrogen-bond donors (Lipinski definition) is 2. The quantitative estimate of drug-likeness (QED) is 0.290. The molecule has 0 aliphatic carbocycles. The molecule has 0 bridgehead atoms. The van der Waals surface area contributed by atoms with Gasteiger partial charge in [0.05, 0.1) is 23.3 Å². The molecular weight excluding hydrogens is 550 g/mol. The standard InChI is InChI=1S/C28H20ClN7O3S/c1-40(38,39)35-21-4-2-5-22(16-21)36-26(19-11-13-20(29)14-12-19)31-24-27(36)32-25(33-28(24)37)18-9-7-17(8-10-18)23-6-3-15-30-34-23/h2-16,35H,1H3,(H,32,33,37). The number of aromatic amines is 1. The van der Waals surface area contributed by atoms with E-state index in [1.54, 1.807) is 59.3 Å². The van der Waals surface area contributed by atoms with Gasteiger partial charge in [0.2, 0.25) is 10.0 Å². The van der Waals surface area contributed by atoms with Gasteiger partial charge >= 0.3 is 0 Å². The Morgan fingerprint density at radius 3 is 2.30 bits per heavy atom. The fourth-order valence-corrected chi connectivity index (χ4v) is 5.00. The Morgan fingerprint density at radius 2 is 1.60 bits per heavy atom. The molecule has 12 heteroatoms. The minimum atomic E-state index is -3.51. The van der Waals surface area contributed by atoms with Gasteiger partial charge in [-0.2, -0.15) is 10.2 Å². The van der Waals surface area contributed by atoms with Gasteiger partial charge in [0.15, 0.2) is 11.2 Å². The van der Waals surface area contributed by atoms with E-state index in [4.69, 9.17) is 16.6 Å². The second-order valence-corrected chi connectivity index (χ2v) is 11.2. The van der Waals surface area contributed by atoms with Gasteiger partial charge < -0.3 is 4.98 Å². The molecule has 0 atom stereocenters. The Kier molecular flexibility index (Phi) is 6.37. The van der Waals surface area contributed by atoms with Crippen molar-refractivity contribution in [2.45, 2.75) is 0 Å². The van der Waals surface area contributed by atoms with Crippen LogP contribution in [0.1, 0.15) is 0 Å². The molecule has 0 saturated heterocycles. The Morgan fingerprint density at radius 1 is 0.875 bits per heavy atom. The number of nitrogens with one attached hydrogen (secondary N) is 2. The molecule has 2 N–H and O–H groups in total. The highest BCUT2D eigenvalue weighted by Gasteiger charge is 2.20. The minimum Gasteiger partial charge on any atom is -0.305 e. The topological polar surface area (TPSA) is 136 Å². The van der Waals surface area contributed by atoms with Crippen LogP contribution in [0.15, 0.2) is 95.9 Å². The number of aromatic nitrogens is 6. The second kappa shape index (κ2) is 10.0. The minimum absolute atomic E-state index is 0.131. The maximum Gasteiger partial charge on any atom is 0.279 e. The van der Waals surface area contributed by atoms with Crippen LogP contribution in [0.5, 0.6) is 0 Å². The molecule has 0 spiro atoms. The van der Waals surface area contributed by atoms with E-state index in [9.17, 15) is 13.2 Å². The summed E-state index contributed by atoms with van der Waals surface area (Å²) in [6, 6.07) is 24.9. The number of rotatable bonds is 6. The Labute approximate surface area is 233 Å². The summed E-state index contributed by atoms with van der Waals surface area (Å²) in [5.74, 6) is 0.786. The summed E-state index contributed by atoms with van der Waals surface area (Å²) in [4.78, 5) is 25.6. The third-order valence-corrected chi connectivity index (χ3v) is 6.91. The van der Waals surface area contributed by atoms with Crippen molar-refractivity contribution in [2.75, 3.05) is 11.0 Å². The van der Waals surface area contributed by atoms with Gasteiger partial charge in [-0.25, -0.2) is 18.4 Å². The van der Waals surface area contributed by atoms with Gasteiger partial charge in [-0.1, -0.05) is 41.9 Å². The molecule has 0 amide bonds. The molecule has 0 radical (unpaired) electrons. The molecule has 3 aromatic carbocycles. The molecule has 0 fully saturated rings. The van der Waals surface area contributed by atoms with Crippen molar-refractivity contribution in [1.82, 2.24) is 29.7 Å². The largest absolute Gasteiger partial charge is 0.305 e. The fraction of sp³-hybridized carbons (Fsp3) is 0.0357. The SMILES string of the molecule is CS(=O)(=O)Nc1cccc(-n2c(-c3ccc(Cl)cc3)nc3c(=O)[nH]c(-c4ccc(-c5cccnn5)cc4)nc32)c1. The van der Waals surface area contributed by atoms with Crippen molar-refractivity contribution >= 4 is 38.5 Å². The zero-order valence-electron chi connectivity index (χ0n) is 20.9. The first kappa shape index (κ1) is 25.4. The predicted molar refractivity (Wildman–Crippen MR) is 155 cm³/mol. The highest BCUT2D eigenvalue weighted by atomic mass is 35.5. The van der Waals surface area contributed by atoms with Gasteiger partial charge in [0.25, 0.3) is 5.56 Å². The van der Waals surface area contributed by atoms with Gasteiger partial charge in [0.1, 0.15) is 11.6 Å². The summed E-state index contributed by atoms with van der Waals surface area (Å²) >= 11 is 6.11. The molecule has 3 heterocycles. The molecule has 10 nitrogen and oxygen atoms in total. The Hall–Kier alpha value is -4.87. The van der Waals surface area contributed by atoms with E-state index in [0.717, 1.165) is 17.5 Å².